The van der Waals surface area contributed by atoms with E-state index in [0.29, 0.717) is 6.04 Å². The number of nitrogens with zero attached hydrogens (tertiary/aromatic N) is 1. The van der Waals surface area contributed by atoms with E-state index in [2.05, 4.69) is 118 Å². The van der Waals surface area contributed by atoms with Gasteiger partial charge in [0.1, 0.15) is 0 Å². The molecule has 1 unspecified atom stereocenters. The van der Waals surface area contributed by atoms with E-state index in [1.54, 1.807) is 0 Å². The van der Waals surface area contributed by atoms with Crippen molar-refractivity contribution in [1.82, 2.24) is 0 Å². The molecule has 0 aromatic heterocycles. The van der Waals surface area contributed by atoms with Gasteiger partial charge in [-0.05, 0) is 53.0 Å². The molecule has 1 heterocycles. The van der Waals surface area contributed by atoms with Crippen molar-refractivity contribution >= 4 is 11.4 Å². The summed E-state index contributed by atoms with van der Waals surface area (Å²) in [6.45, 7) is 12.0. The van der Waals surface area contributed by atoms with Crippen molar-refractivity contribution in [3.05, 3.63) is 95.6 Å². The molecule has 4 rings (SSSR count). The Hall–Kier alpha value is -2.54. The Morgan fingerprint density at radius 1 is 0.714 bits per heavy atom. The lowest BCUT2D eigenvalue weighted by Crippen LogP contribution is -2.57. The summed E-state index contributed by atoms with van der Waals surface area (Å²) in [4.78, 5) is 2.61. The van der Waals surface area contributed by atoms with Crippen LogP contribution in [-0.4, -0.2) is 6.04 Å². The number of hydrogen-bond acceptors (Lipinski definition) is 1. The fourth-order valence-electron chi connectivity index (χ4n) is 4.78. The molecule has 0 fully saturated rings. The standard InChI is InChI=1S/C27H31N/c1-20-13-9-11-17-23(20)28-24-18-12-10-16-22(24)26(2,3)27(4,5)25(28)19-21-14-7-6-8-15-21/h6-18,25H,19H2,1-5H3. The van der Waals surface area contributed by atoms with Crippen LogP contribution in [-0.2, 0) is 11.8 Å². The molecule has 3 aromatic rings. The second-order valence-electron chi connectivity index (χ2n) is 9.23. The van der Waals surface area contributed by atoms with Crippen molar-refractivity contribution < 1.29 is 0 Å². The molecule has 0 saturated heterocycles. The van der Waals surface area contributed by atoms with Gasteiger partial charge in [-0.1, -0.05) is 94.4 Å². The molecule has 144 valence electrons. The van der Waals surface area contributed by atoms with Gasteiger partial charge >= 0.3 is 0 Å². The van der Waals surface area contributed by atoms with Gasteiger partial charge in [0, 0.05) is 17.4 Å². The molecule has 0 spiro atoms. The quantitative estimate of drug-likeness (QED) is 0.477. The van der Waals surface area contributed by atoms with Gasteiger partial charge in [0.25, 0.3) is 0 Å². The first-order chi connectivity index (χ1) is 13.3. The zero-order valence-electron chi connectivity index (χ0n) is 17.7. The molecule has 0 saturated carbocycles. The lowest BCUT2D eigenvalue weighted by atomic mass is 9.56. The second-order valence-corrected chi connectivity index (χ2v) is 9.23. The Morgan fingerprint density at radius 3 is 1.96 bits per heavy atom. The number of fused-ring (bicyclic) bond motifs is 1. The van der Waals surface area contributed by atoms with E-state index in [-0.39, 0.29) is 10.8 Å². The Morgan fingerprint density at radius 2 is 1.29 bits per heavy atom. The molecule has 3 aromatic carbocycles. The Labute approximate surface area is 170 Å². The third-order valence-corrected chi connectivity index (χ3v) is 7.24. The second kappa shape index (κ2) is 6.81. The van der Waals surface area contributed by atoms with E-state index in [0.717, 1.165) is 6.42 Å². The Bertz CT molecular complexity index is 968. The summed E-state index contributed by atoms with van der Waals surface area (Å²) in [6, 6.07) is 29.1. The lowest BCUT2D eigenvalue weighted by Gasteiger charge is -2.57. The molecule has 0 amide bonds. The first-order valence-corrected chi connectivity index (χ1v) is 10.3. The van der Waals surface area contributed by atoms with Crippen LogP contribution in [0.4, 0.5) is 11.4 Å². The molecular formula is C27H31N. The van der Waals surface area contributed by atoms with Crippen LogP contribution < -0.4 is 4.90 Å². The first kappa shape index (κ1) is 18.8. The van der Waals surface area contributed by atoms with Crippen molar-refractivity contribution in [2.45, 2.75) is 52.5 Å². The SMILES string of the molecule is Cc1ccccc1N1c2ccccc2C(C)(C)C(C)(C)C1Cc1ccccc1. The molecule has 0 aliphatic carbocycles. The maximum Gasteiger partial charge on any atom is 0.0452 e. The van der Waals surface area contributed by atoms with E-state index < -0.39 is 0 Å². The minimum Gasteiger partial charge on any atom is -0.337 e. The average molecular weight is 370 g/mol. The summed E-state index contributed by atoms with van der Waals surface area (Å²) in [7, 11) is 0. The van der Waals surface area contributed by atoms with Gasteiger partial charge in [-0.25, -0.2) is 0 Å². The number of benzene rings is 3. The Balaban J connectivity index is 1.96. The first-order valence-electron chi connectivity index (χ1n) is 10.3. The highest BCUT2D eigenvalue weighted by atomic mass is 15.2. The molecule has 1 aliphatic rings. The number of anilines is 2. The molecule has 0 radical (unpaired) electrons. The molecule has 28 heavy (non-hydrogen) atoms. The molecule has 1 aliphatic heterocycles. The van der Waals surface area contributed by atoms with Crippen molar-refractivity contribution in [2.75, 3.05) is 4.90 Å². The van der Waals surface area contributed by atoms with Gasteiger partial charge in [-0.2, -0.15) is 0 Å². The van der Waals surface area contributed by atoms with Gasteiger partial charge in [-0.15, -0.1) is 0 Å². The number of rotatable bonds is 3. The molecule has 1 heteroatoms. The van der Waals surface area contributed by atoms with E-state index in [4.69, 9.17) is 0 Å². The van der Waals surface area contributed by atoms with E-state index >= 15 is 0 Å². The third kappa shape index (κ3) is 2.85. The highest BCUT2D eigenvalue weighted by Gasteiger charge is 2.51. The lowest BCUT2D eigenvalue weighted by molar-refractivity contribution is 0.139. The molecule has 1 nitrogen and oxygen atoms in total. The van der Waals surface area contributed by atoms with Gasteiger partial charge in [0.15, 0.2) is 0 Å². The molecular weight excluding hydrogens is 338 g/mol. The Kier molecular flexibility index (Phi) is 4.57. The number of aryl methyl sites for hydroxylation is 1. The average Bonchev–Trinajstić information content (AvgIpc) is 2.69. The fourth-order valence-corrected chi connectivity index (χ4v) is 4.78. The summed E-state index contributed by atoms with van der Waals surface area (Å²) in [5.41, 5.74) is 6.98. The number of para-hydroxylation sites is 2. The minimum absolute atomic E-state index is 0.0717. The van der Waals surface area contributed by atoms with Gasteiger partial charge in [0.05, 0.1) is 0 Å². The fraction of sp³-hybridized carbons (Fsp3) is 0.333. The van der Waals surface area contributed by atoms with E-state index in [9.17, 15) is 0 Å². The summed E-state index contributed by atoms with van der Waals surface area (Å²) in [5, 5.41) is 0. The zero-order chi connectivity index (χ0) is 19.9. The van der Waals surface area contributed by atoms with Crippen LogP contribution in [0.25, 0.3) is 0 Å². The van der Waals surface area contributed by atoms with E-state index in [1.807, 2.05) is 0 Å². The van der Waals surface area contributed by atoms with Crippen LogP contribution in [0.2, 0.25) is 0 Å². The maximum absolute atomic E-state index is 2.61. The molecule has 1 atom stereocenters. The smallest absolute Gasteiger partial charge is 0.0452 e. The topological polar surface area (TPSA) is 3.24 Å². The van der Waals surface area contributed by atoms with Gasteiger partial charge in [-0.3, -0.25) is 0 Å². The van der Waals surface area contributed by atoms with Crippen molar-refractivity contribution in [3.63, 3.8) is 0 Å². The van der Waals surface area contributed by atoms with Crippen LogP contribution in [0.5, 0.6) is 0 Å². The largest absolute Gasteiger partial charge is 0.337 e. The summed E-state index contributed by atoms with van der Waals surface area (Å²) in [5.74, 6) is 0. The molecule has 0 N–H and O–H groups in total. The van der Waals surface area contributed by atoms with Crippen LogP contribution in [0.1, 0.15) is 44.4 Å². The predicted octanol–water partition coefficient (Wildman–Crippen LogP) is 7.06. The normalized spacial score (nSPS) is 19.9. The van der Waals surface area contributed by atoms with Crippen molar-refractivity contribution in [2.24, 2.45) is 5.41 Å². The monoisotopic (exact) mass is 369 g/mol. The van der Waals surface area contributed by atoms with Crippen molar-refractivity contribution in [1.29, 1.82) is 0 Å². The predicted molar refractivity (Wildman–Crippen MR) is 121 cm³/mol. The molecule has 0 bridgehead atoms. The maximum atomic E-state index is 2.61. The summed E-state index contributed by atoms with van der Waals surface area (Å²) < 4.78 is 0. The van der Waals surface area contributed by atoms with Crippen LogP contribution in [0.3, 0.4) is 0 Å². The van der Waals surface area contributed by atoms with Crippen LogP contribution in [0.15, 0.2) is 78.9 Å². The highest BCUT2D eigenvalue weighted by molar-refractivity contribution is 5.73. The van der Waals surface area contributed by atoms with Gasteiger partial charge < -0.3 is 4.90 Å². The number of hydrogen-bond donors (Lipinski definition) is 0. The summed E-state index contributed by atoms with van der Waals surface area (Å²) in [6.07, 6.45) is 1.03. The zero-order valence-corrected chi connectivity index (χ0v) is 17.7. The summed E-state index contributed by atoms with van der Waals surface area (Å²) >= 11 is 0. The van der Waals surface area contributed by atoms with Crippen molar-refractivity contribution in [3.8, 4) is 0 Å². The highest BCUT2D eigenvalue weighted by Crippen LogP contribution is 2.56. The minimum atomic E-state index is 0.0717. The third-order valence-electron chi connectivity index (χ3n) is 7.24. The van der Waals surface area contributed by atoms with Gasteiger partial charge in [0.2, 0.25) is 0 Å². The van der Waals surface area contributed by atoms with E-state index in [1.165, 1.54) is 28.1 Å². The van der Waals surface area contributed by atoms with Crippen LogP contribution >= 0.6 is 0 Å². The van der Waals surface area contributed by atoms with Crippen LogP contribution in [0, 0.1) is 12.3 Å².